The van der Waals surface area contributed by atoms with Gasteiger partial charge in [0.05, 0.1) is 0 Å². The summed E-state index contributed by atoms with van der Waals surface area (Å²) in [5.41, 5.74) is 1.58. The molecule has 0 aliphatic heterocycles. The number of nitrogens with one attached hydrogen (secondary N) is 1. The van der Waals surface area contributed by atoms with E-state index in [-0.39, 0.29) is 25.1 Å². The number of amides is 2. The lowest BCUT2D eigenvalue weighted by molar-refractivity contribution is -0.143. The zero-order chi connectivity index (χ0) is 26.2. The molecule has 5 nitrogen and oxygen atoms in total. The van der Waals surface area contributed by atoms with E-state index < -0.39 is 17.8 Å². The van der Waals surface area contributed by atoms with Crippen molar-refractivity contribution in [1.29, 1.82) is 0 Å². The molecule has 0 spiro atoms. The minimum absolute atomic E-state index is 0.0944. The molecule has 1 aliphatic rings. The summed E-state index contributed by atoms with van der Waals surface area (Å²) in [6, 6.07) is 19.4. The van der Waals surface area contributed by atoms with E-state index in [9.17, 15) is 14.0 Å². The van der Waals surface area contributed by atoms with Crippen molar-refractivity contribution in [3.05, 3.63) is 99.8 Å². The van der Waals surface area contributed by atoms with Gasteiger partial charge in [-0.05, 0) is 60.4 Å². The standard InChI is InChI=1S/C29H29Cl2FN2O3/c30-22-11-10-21(26(31)17-22)18-34(28(35)19-37-25-14-12-23(32)13-15-25)27(16-20-6-2-1-3-7-20)29(36)33-24-8-4-5-9-24/h1-3,6-7,10-15,17,24,27H,4-5,8-9,16,18-19H2,(H,33,36)/t27-/m0/s1. The Kier molecular flexibility index (Phi) is 9.42. The Labute approximate surface area is 226 Å². The van der Waals surface area contributed by atoms with Crippen molar-refractivity contribution in [3.8, 4) is 5.75 Å². The summed E-state index contributed by atoms with van der Waals surface area (Å²) in [6.45, 7) is -0.226. The third-order valence-electron chi connectivity index (χ3n) is 6.50. The summed E-state index contributed by atoms with van der Waals surface area (Å²) in [5.74, 6) is -0.646. The molecule has 0 heterocycles. The van der Waals surface area contributed by atoms with Crippen molar-refractivity contribution in [1.82, 2.24) is 10.2 Å². The molecule has 1 saturated carbocycles. The Morgan fingerprint density at radius 3 is 2.38 bits per heavy atom. The molecule has 0 unspecified atom stereocenters. The summed E-state index contributed by atoms with van der Waals surface area (Å²) < 4.78 is 19.0. The van der Waals surface area contributed by atoms with Crippen LogP contribution in [0.2, 0.25) is 10.0 Å². The van der Waals surface area contributed by atoms with Crippen LogP contribution >= 0.6 is 23.2 Å². The van der Waals surface area contributed by atoms with Crippen molar-refractivity contribution in [2.24, 2.45) is 0 Å². The first-order valence-corrected chi connectivity index (χ1v) is 13.1. The average molecular weight is 543 g/mol. The molecule has 194 valence electrons. The second-order valence-electron chi connectivity index (χ2n) is 9.20. The fourth-order valence-electron chi connectivity index (χ4n) is 4.51. The van der Waals surface area contributed by atoms with Crippen LogP contribution in [0.25, 0.3) is 0 Å². The highest BCUT2D eigenvalue weighted by Gasteiger charge is 2.32. The summed E-state index contributed by atoms with van der Waals surface area (Å²) in [7, 11) is 0. The quantitative estimate of drug-likeness (QED) is 0.331. The van der Waals surface area contributed by atoms with E-state index in [0.29, 0.717) is 27.8 Å². The molecule has 1 atom stereocenters. The van der Waals surface area contributed by atoms with E-state index in [1.807, 2.05) is 30.3 Å². The van der Waals surface area contributed by atoms with Crippen LogP contribution in [0, 0.1) is 5.82 Å². The predicted molar refractivity (Wildman–Crippen MR) is 143 cm³/mol. The number of carbonyl (C=O) groups is 2. The van der Waals surface area contributed by atoms with Crippen LogP contribution in [0.1, 0.15) is 36.8 Å². The summed E-state index contributed by atoms with van der Waals surface area (Å²) in [6.07, 6.45) is 4.32. The SMILES string of the molecule is O=C(NC1CCCC1)[C@H](Cc1ccccc1)N(Cc1ccc(Cl)cc1Cl)C(=O)COc1ccc(F)cc1. The molecular formula is C29H29Cl2FN2O3. The highest BCUT2D eigenvalue weighted by atomic mass is 35.5. The van der Waals surface area contributed by atoms with Gasteiger partial charge in [-0.2, -0.15) is 0 Å². The molecule has 8 heteroatoms. The number of halogens is 3. The monoisotopic (exact) mass is 542 g/mol. The van der Waals surface area contributed by atoms with Gasteiger partial charge in [0.15, 0.2) is 6.61 Å². The van der Waals surface area contributed by atoms with E-state index in [2.05, 4.69) is 5.32 Å². The molecule has 1 N–H and O–H groups in total. The van der Waals surface area contributed by atoms with Crippen LogP contribution in [0.5, 0.6) is 5.75 Å². The Morgan fingerprint density at radius 1 is 1.00 bits per heavy atom. The molecular weight excluding hydrogens is 514 g/mol. The van der Waals surface area contributed by atoms with Gasteiger partial charge in [0.25, 0.3) is 5.91 Å². The van der Waals surface area contributed by atoms with Gasteiger partial charge in [0.1, 0.15) is 17.6 Å². The van der Waals surface area contributed by atoms with E-state index in [1.54, 1.807) is 18.2 Å². The lowest BCUT2D eigenvalue weighted by atomic mass is 10.0. The summed E-state index contributed by atoms with van der Waals surface area (Å²) in [4.78, 5) is 28.8. The highest BCUT2D eigenvalue weighted by Crippen LogP contribution is 2.25. The number of hydrogen-bond donors (Lipinski definition) is 1. The fraction of sp³-hybridized carbons (Fsp3) is 0.310. The van der Waals surface area contributed by atoms with Crippen LogP contribution in [0.4, 0.5) is 4.39 Å². The van der Waals surface area contributed by atoms with Crippen molar-refractivity contribution < 1.29 is 18.7 Å². The van der Waals surface area contributed by atoms with Gasteiger partial charge < -0.3 is 15.0 Å². The van der Waals surface area contributed by atoms with Gasteiger partial charge in [0, 0.05) is 29.1 Å². The molecule has 37 heavy (non-hydrogen) atoms. The van der Waals surface area contributed by atoms with Crippen LogP contribution in [0.3, 0.4) is 0 Å². The van der Waals surface area contributed by atoms with Gasteiger partial charge in [-0.15, -0.1) is 0 Å². The zero-order valence-electron chi connectivity index (χ0n) is 20.3. The molecule has 1 fully saturated rings. The first kappa shape index (κ1) is 27.0. The minimum atomic E-state index is -0.793. The van der Waals surface area contributed by atoms with Gasteiger partial charge in [0.2, 0.25) is 5.91 Å². The fourth-order valence-corrected chi connectivity index (χ4v) is 4.98. The lowest BCUT2D eigenvalue weighted by Gasteiger charge is -2.32. The summed E-state index contributed by atoms with van der Waals surface area (Å²) in [5, 5.41) is 4.03. The van der Waals surface area contributed by atoms with E-state index in [0.717, 1.165) is 31.2 Å². The smallest absolute Gasteiger partial charge is 0.261 e. The molecule has 3 aromatic carbocycles. The van der Waals surface area contributed by atoms with Crippen LogP contribution in [0.15, 0.2) is 72.8 Å². The first-order valence-electron chi connectivity index (χ1n) is 12.3. The van der Waals surface area contributed by atoms with Gasteiger partial charge in [-0.3, -0.25) is 9.59 Å². The van der Waals surface area contributed by atoms with Crippen LogP contribution in [-0.2, 0) is 22.6 Å². The van der Waals surface area contributed by atoms with Crippen LogP contribution in [-0.4, -0.2) is 35.4 Å². The topological polar surface area (TPSA) is 58.6 Å². The van der Waals surface area contributed by atoms with Crippen LogP contribution < -0.4 is 10.1 Å². The molecule has 1 aliphatic carbocycles. The summed E-state index contributed by atoms with van der Waals surface area (Å²) >= 11 is 12.5. The number of carbonyl (C=O) groups excluding carboxylic acids is 2. The van der Waals surface area contributed by atoms with Gasteiger partial charge in [-0.25, -0.2) is 4.39 Å². The third-order valence-corrected chi connectivity index (χ3v) is 7.09. The van der Waals surface area contributed by atoms with E-state index >= 15 is 0 Å². The maximum absolute atomic E-state index is 13.6. The number of benzene rings is 3. The van der Waals surface area contributed by atoms with Gasteiger partial charge in [-0.1, -0.05) is 72.4 Å². The predicted octanol–water partition coefficient (Wildman–Crippen LogP) is 6.21. The number of hydrogen-bond acceptors (Lipinski definition) is 3. The zero-order valence-corrected chi connectivity index (χ0v) is 21.9. The largest absolute Gasteiger partial charge is 0.484 e. The Balaban J connectivity index is 1.63. The molecule has 0 aromatic heterocycles. The number of ether oxygens (including phenoxy) is 1. The lowest BCUT2D eigenvalue weighted by Crippen LogP contribution is -2.53. The first-order chi connectivity index (χ1) is 17.9. The second-order valence-corrected chi connectivity index (χ2v) is 10.0. The van der Waals surface area contributed by atoms with Gasteiger partial charge >= 0.3 is 0 Å². The average Bonchev–Trinajstić information content (AvgIpc) is 3.40. The number of rotatable bonds is 10. The molecule has 0 saturated heterocycles. The number of nitrogens with zero attached hydrogens (tertiary/aromatic N) is 1. The Hall–Kier alpha value is -3.09. The van der Waals surface area contributed by atoms with Crippen molar-refractivity contribution in [2.45, 2.75) is 50.7 Å². The molecule has 0 bridgehead atoms. The van der Waals surface area contributed by atoms with E-state index in [4.69, 9.17) is 27.9 Å². The van der Waals surface area contributed by atoms with Crippen molar-refractivity contribution >= 4 is 35.0 Å². The Bertz CT molecular complexity index is 1200. The minimum Gasteiger partial charge on any atom is -0.484 e. The third kappa shape index (κ3) is 7.70. The second kappa shape index (κ2) is 12.9. The maximum atomic E-state index is 13.6. The maximum Gasteiger partial charge on any atom is 0.261 e. The Morgan fingerprint density at radius 2 is 1.70 bits per heavy atom. The molecule has 4 rings (SSSR count). The normalized spacial score (nSPS) is 14.2. The molecule has 0 radical (unpaired) electrons. The van der Waals surface area contributed by atoms with E-state index in [1.165, 1.54) is 29.2 Å². The van der Waals surface area contributed by atoms with Crippen molar-refractivity contribution in [3.63, 3.8) is 0 Å². The van der Waals surface area contributed by atoms with Crippen molar-refractivity contribution in [2.75, 3.05) is 6.61 Å². The molecule has 3 aromatic rings. The highest BCUT2D eigenvalue weighted by molar-refractivity contribution is 6.35. The molecule has 2 amide bonds.